The van der Waals surface area contributed by atoms with Gasteiger partial charge in [-0.05, 0) is 12.2 Å². The normalized spacial score (nSPS) is 9.42. The number of nitrogens with one attached hydrogen (secondary N) is 2. The SMILES string of the molecule is NNC(=S)NCCc1ncon1. The zero-order valence-corrected chi connectivity index (χ0v) is 7.10. The first-order chi connectivity index (χ1) is 5.83. The van der Waals surface area contributed by atoms with Crippen LogP contribution in [0, 0.1) is 0 Å². The van der Waals surface area contributed by atoms with Gasteiger partial charge in [-0.3, -0.25) is 0 Å². The van der Waals surface area contributed by atoms with E-state index in [9.17, 15) is 0 Å². The van der Waals surface area contributed by atoms with Crippen molar-refractivity contribution in [3.05, 3.63) is 12.2 Å². The summed E-state index contributed by atoms with van der Waals surface area (Å²) in [6.45, 7) is 0.628. The predicted octanol–water partition coefficient (Wildman–Crippen LogP) is -1.05. The van der Waals surface area contributed by atoms with Gasteiger partial charge in [0.2, 0.25) is 6.39 Å². The zero-order chi connectivity index (χ0) is 8.81. The molecule has 0 amide bonds. The highest BCUT2D eigenvalue weighted by atomic mass is 32.1. The summed E-state index contributed by atoms with van der Waals surface area (Å²) >= 11 is 4.74. The summed E-state index contributed by atoms with van der Waals surface area (Å²) in [6, 6.07) is 0. The van der Waals surface area contributed by atoms with Crippen molar-refractivity contribution in [1.82, 2.24) is 20.9 Å². The van der Waals surface area contributed by atoms with E-state index >= 15 is 0 Å². The maximum atomic E-state index is 5.03. The maximum Gasteiger partial charge on any atom is 0.213 e. The summed E-state index contributed by atoms with van der Waals surface area (Å²) in [5, 5.41) is 6.86. The van der Waals surface area contributed by atoms with Crippen LogP contribution in [0.1, 0.15) is 5.82 Å². The predicted molar refractivity (Wildman–Crippen MR) is 45.9 cm³/mol. The summed E-state index contributed by atoms with van der Waals surface area (Å²) in [5.74, 6) is 5.67. The minimum absolute atomic E-state index is 0.401. The minimum Gasteiger partial charge on any atom is -0.361 e. The Balaban J connectivity index is 2.15. The molecule has 6 nitrogen and oxygen atoms in total. The molecule has 0 aromatic carbocycles. The maximum absolute atomic E-state index is 5.03. The Kier molecular flexibility index (Phi) is 3.42. The first kappa shape index (κ1) is 8.88. The largest absolute Gasteiger partial charge is 0.361 e. The summed E-state index contributed by atoms with van der Waals surface area (Å²) in [5.41, 5.74) is 2.30. The van der Waals surface area contributed by atoms with Crippen LogP contribution in [0.15, 0.2) is 10.9 Å². The molecule has 1 aromatic heterocycles. The van der Waals surface area contributed by atoms with Gasteiger partial charge in [-0.2, -0.15) is 4.98 Å². The van der Waals surface area contributed by atoms with Crippen LogP contribution in [0.3, 0.4) is 0 Å². The van der Waals surface area contributed by atoms with Gasteiger partial charge in [0.05, 0.1) is 0 Å². The third-order valence-electron chi connectivity index (χ3n) is 1.17. The molecular formula is C5H9N5OS. The molecule has 0 saturated heterocycles. The molecule has 0 aliphatic carbocycles. The van der Waals surface area contributed by atoms with Crippen LogP contribution in [-0.2, 0) is 6.42 Å². The molecule has 0 fully saturated rings. The van der Waals surface area contributed by atoms with E-state index in [1.807, 2.05) is 0 Å². The molecule has 66 valence electrons. The van der Waals surface area contributed by atoms with E-state index in [-0.39, 0.29) is 0 Å². The van der Waals surface area contributed by atoms with Crippen molar-refractivity contribution in [3.63, 3.8) is 0 Å². The molecule has 1 aromatic rings. The van der Waals surface area contributed by atoms with E-state index < -0.39 is 0 Å². The Morgan fingerprint density at radius 2 is 2.58 bits per heavy atom. The summed E-state index contributed by atoms with van der Waals surface area (Å²) in [4.78, 5) is 3.83. The van der Waals surface area contributed by atoms with Gasteiger partial charge in [0, 0.05) is 13.0 Å². The zero-order valence-electron chi connectivity index (χ0n) is 6.28. The van der Waals surface area contributed by atoms with Crippen molar-refractivity contribution >= 4 is 17.3 Å². The fourth-order valence-corrected chi connectivity index (χ4v) is 0.744. The number of hydrazine groups is 1. The lowest BCUT2D eigenvalue weighted by molar-refractivity contribution is 0.410. The van der Waals surface area contributed by atoms with Gasteiger partial charge in [0.15, 0.2) is 10.9 Å². The molecule has 0 spiro atoms. The Morgan fingerprint density at radius 3 is 3.17 bits per heavy atom. The number of nitrogens with zero attached hydrogens (tertiary/aromatic N) is 2. The van der Waals surface area contributed by atoms with E-state index in [1.54, 1.807) is 0 Å². The number of rotatable bonds is 3. The highest BCUT2D eigenvalue weighted by Crippen LogP contribution is 1.87. The van der Waals surface area contributed by atoms with Crippen molar-refractivity contribution in [2.24, 2.45) is 5.84 Å². The summed E-state index contributed by atoms with van der Waals surface area (Å²) in [6.07, 6.45) is 1.94. The topological polar surface area (TPSA) is 89.0 Å². The summed E-state index contributed by atoms with van der Waals surface area (Å²) in [7, 11) is 0. The first-order valence-electron chi connectivity index (χ1n) is 3.32. The molecule has 1 heterocycles. The smallest absolute Gasteiger partial charge is 0.213 e. The lowest BCUT2D eigenvalue weighted by Crippen LogP contribution is -2.40. The molecule has 0 aliphatic rings. The molecule has 7 heteroatoms. The number of thiocarbonyl (C=S) groups is 1. The Labute approximate surface area is 74.5 Å². The van der Waals surface area contributed by atoms with Crippen molar-refractivity contribution in [1.29, 1.82) is 0 Å². The van der Waals surface area contributed by atoms with Crippen LogP contribution in [-0.4, -0.2) is 21.8 Å². The van der Waals surface area contributed by atoms with Crippen LogP contribution in [0.5, 0.6) is 0 Å². The van der Waals surface area contributed by atoms with Crippen molar-refractivity contribution in [2.45, 2.75) is 6.42 Å². The molecule has 12 heavy (non-hydrogen) atoms. The van der Waals surface area contributed by atoms with E-state index in [2.05, 4.69) is 25.4 Å². The molecule has 0 bridgehead atoms. The van der Waals surface area contributed by atoms with Gasteiger partial charge in [-0.15, -0.1) is 0 Å². The van der Waals surface area contributed by atoms with E-state index in [0.717, 1.165) is 0 Å². The highest BCUT2D eigenvalue weighted by molar-refractivity contribution is 7.80. The van der Waals surface area contributed by atoms with Crippen molar-refractivity contribution < 1.29 is 4.52 Å². The van der Waals surface area contributed by atoms with Crippen molar-refractivity contribution in [2.75, 3.05) is 6.54 Å². The lowest BCUT2D eigenvalue weighted by atomic mass is 10.4. The van der Waals surface area contributed by atoms with Crippen LogP contribution in [0.2, 0.25) is 0 Å². The second-order valence-corrected chi connectivity index (χ2v) is 2.41. The molecule has 0 saturated carbocycles. The van der Waals surface area contributed by atoms with Gasteiger partial charge in [-0.25, -0.2) is 5.84 Å². The molecule has 4 N–H and O–H groups in total. The third kappa shape index (κ3) is 2.81. The quantitative estimate of drug-likeness (QED) is 0.316. The highest BCUT2D eigenvalue weighted by Gasteiger charge is 1.97. The lowest BCUT2D eigenvalue weighted by Gasteiger charge is -2.03. The second kappa shape index (κ2) is 4.62. The van der Waals surface area contributed by atoms with Crippen LogP contribution < -0.4 is 16.6 Å². The van der Waals surface area contributed by atoms with E-state index in [0.29, 0.717) is 23.9 Å². The van der Waals surface area contributed by atoms with Gasteiger partial charge in [0.1, 0.15) is 0 Å². The average Bonchev–Trinajstić information content (AvgIpc) is 2.57. The Hall–Kier alpha value is -1.21. The number of hydrogen-bond acceptors (Lipinski definition) is 5. The number of nitrogens with two attached hydrogens (primary N) is 1. The van der Waals surface area contributed by atoms with Crippen molar-refractivity contribution in [3.8, 4) is 0 Å². The van der Waals surface area contributed by atoms with E-state index in [1.165, 1.54) is 6.39 Å². The molecule has 0 unspecified atom stereocenters. The monoisotopic (exact) mass is 187 g/mol. The Morgan fingerprint density at radius 1 is 1.75 bits per heavy atom. The first-order valence-corrected chi connectivity index (χ1v) is 3.73. The summed E-state index contributed by atoms with van der Waals surface area (Å²) < 4.78 is 4.54. The van der Waals surface area contributed by atoms with Gasteiger partial charge in [0.25, 0.3) is 0 Å². The minimum atomic E-state index is 0.401. The Bertz CT molecular complexity index is 236. The third-order valence-corrected chi connectivity index (χ3v) is 1.43. The van der Waals surface area contributed by atoms with E-state index in [4.69, 9.17) is 18.1 Å². The molecule has 0 aliphatic heterocycles. The van der Waals surface area contributed by atoms with Gasteiger partial charge < -0.3 is 15.3 Å². The van der Waals surface area contributed by atoms with Crippen LogP contribution in [0.4, 0.5) is 0 Å². The molecular weight excluding hydrogens is 178 g/mol. The van der Waals surface area contributed by atoms with Crippen LogP contribution >= 0.6 is 12.2 Å². The second-order valence-electron chi connectivity index (χ2n) is 2.00. The molecule has 0 radical (unpaired) electrons. The number of aromatic nitrogens is 2. The fourth-order valence-electron chi connectivity index (χ4n) is 0.641. The van der Waals surface area contributed by atoms with Gasteiger partial charge in [-0.1, -0.05) is 5.16 Å². The molecule has 1 rings (SSSR count). The number of hydrogen-bond donors (Lipinski definition) is 3. The average molecular weight is 187 g/mol. The van der Waals surface area contributed by atoms with Crippen LogP contribution in [0.25, 0.3) is 0 Å². The fraction of sp³-hybridized carbons (Fsp3) is 0.400. The standard InChI is InChI=1S/C5H9N5OS/c6-9-5(12)7-2-1-4-8-3-11-10-4/h3H,1-2,6H2,(H2,7,9,12). The van der Waals surface area contributed by atoms with Gasteiger partial charge >= 0.3 is 0 Å². The molecule has 0 atom stereocenters.